The summed E-state index contributed by atoms with van der Waals surface area (Å²) in [6.07, 6.45) is 7.97. The van der Waals surface area contributed by atoms with Crippen molar-refractivity contribution in [2.45, 2.75) is 37.8 Å². The molecule has 2 unspecified atom stereocenters. The molecule has 0 saturated carbocycles. The van der Waals surface area contributed by atoms with E-state index in [0.717, 1.165) is 25.7 Å². The summed E-state index contributed by atoms with van der Waals surface area (Å²) in [6, 6.07) is 0.181. The molecule has 5 heteroatoms. The van der Waals surface area contributed by atoms with Gasteiger partial charge >= 0.3 is 6.09 Å². The Labute approximate surface area is 107 Å². The van der Waals surface area contributed by atoms with Crippen molar-refractivity contribution in [2.75, 3.05) is 26.4 Å². The first kappa shape index (κ1) is 13.4. The van der Waals surface area contributed by atoms with E-state index in [4.69, 9.17) is 14.6 Å². The predicted molar refractivity (Wildman–Crippen MR) is 66.3 cm³/mol. The zero-order chi connectivity index (χ0) is 12.8. The van der Waals surface area contributed by atoms with Crippen molar-refractivity contribution >= 4 is 6.09 Å². The zero-order valence-corrected chi connectivity index (χ0v) is 10.6. The van der Waals surface area contributed by atoms with Gasteiger partial charge in [0.2, 0.25) is 0 Å². The Bertz CT molecular complexity index is 305. The highest BCUT2D eigenvalue weighted by Gasteiger charge is 2.40. The van der Waals surface area contributed by atoms with Crippen molar-refractivity contribution in [3.8, 4) is 0 Å². The van der Waals surface area contributed by atoms with Crippen LogP contribution < -0.4 is 0 Å². The van der Waals surface area contributed by atoms with Crippen molar-refractivity contribution in [1.82, 2.24) is 4.90 Å². The largest absolute Gasteiger partial charge is 0.444 e. The van der Waals surface area contributed by atoms with Crippen LogP contribution in [0.4, 0.5) is 4.79 Å². The van der Waals surface area contributed by atoms with Gasteiger partial charge in [0.25, 0.3) is 0 Å². The summed E-state index contributed by atoms with van der Waals surface area (Å²) in [5, 5.41) is 8.63. The number of carbonyl (C=O) groups excluding carboxylic acids is 1. The molecule has 0 aromatic carbocycles. The van der Waals surface area contributed by atoms with Crippen molar-refractivity contribution in [3.05, 3.63) is 12.2 Å². The number of aliphatic hydroxyl groups excluding tert-OH is 1. The third-order valence-electron chi connectivity index (χ3n) is 3.44. The topological polar surface area (TPSA) is 59.0 Å². The lowest BCUT2D eigenvalue weighted by Crippen LogP contribution is -2.39. The lowest BCUT2D eigenvalue weighted by Gasteiger charge is -2.25. The molecule has 2 aliphatic rings. The van der Waals surface area contributed by atoms with Crippen molar-refractivity contribution in [2.24, 2.45) is 0 Å². The van der Waals surface area contributed by atoms with Crippen LogP contribution in [0.3, 0.4) is 0 Å². The molecule has 0 aromatic heterocycles. The van der Waals surface area contributed by atoms with Crippen LogP contribution in [0.1, 0.15) is 25.7 Å². The second kappa shape index (κ2) is 6.75. The average molecular weight is 255 g/mol. The molecule has 1 fully saturated rings. The molecule has 1 heterocycles. The molecule has 2 rings (SSSR count). The van der Waals surface area contributed by atoms with E-state index in [2.05, 4.69) is 12.2 Å². The first-order chi connectivity index (χ1) is 8.83. The third-order valence-corrected chi connectivity index (χ3v) is 3.44. The van der Waals surface area contributed by atoms with E-state index in [0.29, 0.717) is 19.8 Å². The molecule has 18 heavy (non-hydrogen) atoms. The number of aliphatic hydroxyl groups is 1. The average Bonchev–Trinajstić information content (AvgIpc) is 2.61. The number of rotatable bonds is 5. The van der Waals surface area contributed by atoms with Gasteiger partial charge in [-0.3, -0.25) is 4.90 Å². The van der Waals surface area contributed by atoms with Crippen LogP contribution >= 0.6 is 0 Å². The van der Waals surface area contributed by atoms with E-state index in [1.807, 2.05) is 0 Å². The normalized spacial score (nSPS) is 27.6. The smallest absolute Gasteiger partial charge is 0.410 e. The van der Waals surface area contributed by atoms with Crippen LogP contribution in [0.25, 0.3) is 0 Å². The molecule has 1 saturated heterocycles. The van der Waals surface area contributed by atoms with Gasteiger partial charge in [0.05, 0.1) is 25.9 Å². The first-order valence-corrected chi connectivity index (χ1v) is 6.64. The SMILES string of the molecule is O=C1OC2CCC=CCCC2N1CCOCCO. The van der Waals surface area contributed by atoms with E-state index >= 15 is 0 Å². The lowest BCUT2D eigenvalue weighted by atomic mass is 9.98. The molecule has 0 bridgehead atoms. The van der Waals surface area contributed by atoms with Gasteiger partial charge in [0.1, 0.15) is 6.10 Å². The standard InChI is InChI=1S/C13H21NO4/c15-8-10-17-9-7-14-11-5-3-1-2-4-6-12(11)18-13(14)16/h1-2,11-12,15H,3-10H2. The highest BCUT2D eigenvalue weighted by Crippen LogP contribution is 2.28. The van der Waals surface area contributed by atoms with Crippen LogP contribution in [0.5, 0.6) is 0 Å². The highest BCUT2D eigenvalue weighted by atomic mass is 16.6. The Morgan fingerprint density at radius 3 is 2.89 bits per heavy atom. The monoisotopic (exact) mass is 255 g/mol. The van der Waals surface area contributed by atoms with Gasteiger partial charge in [-0.15, -0.1) is 0 Å². The Morgan fingerprint density at radius 1 is 1.33 bits per heavy atom. The first-order valence-electron chi connectivity index (χ1n) is 6.64. The number of ether oxygens (including phenoxy) is 2. The second-order valence-electron chi connectivity index (χ2n) is 4.65. The van der Waals surface area contributed by atoms with Crippen molar-refractivity contribution in [1.29, 1.82) is 0 Å². The van der Waals surface area contributed by atoms with Crippen LogP contribution in [0.15, 0.2) is 12.2 Å². The fraction of sp³-hybridized carbons (Fsp3) is 0.769. The number of fused-ring (bicyclic) bond motifs is 1. The maximum atomic E-state index is 11.8. The van der Waals surface area contributed by atoms with Crippen LogP contribution in [-0.4, -0.2) is 54.6 Å². The second-order valence-corrected chi connectivity index (χ2v) is 4.65. The minimum atomic E-state index is -0.223. The Balaban J connectivity index is 1.87. The molecular weight excluding hydrogens is 234 g/mol. The van der Waals surface area contributed by atoms with Crippen molar-refractivity contribution in [3.63, 3.8) is 0 Å². The fourth-order valence-corrected chi connectivity index (χ4v) is 2.55. The number of carbonyl (C=O) groups is 1. The third kappa shape index (κ3) is 3.23. The number of nitrogens with zero attached hydrogens (tertiary/aromatic N) is 1. The van der Waals surface area contributed by atoms with Gasteiger partial charge in [0, 0.05) is 6.54 Å². The maximum absolute atomic E-state index is 11.8. The molecule has 0 radical (unpaired) electrons. The molecule has 0 spiro atoms. The van der Waals surface area contributed by atoms with Gasteiger partial charge in [-0.1, -0.05) is 12.2 Å². The molecule has 1 aliphatic heterocycles. The molecule has 0 aromatic rings. The summed E-state index contributed by atoms with van der Waals surface area (Å²) in [7, 11) is 0. The number of hydrogen-bond donors (Lipinski definition) is 1. The predicted octanol–water partition coefficient (Wildman–Crippen LogP) is 1.31. The zero-order valence-electron chi connectivity index (χ0n) is 10.6. The van der Waals surface area contributed by atoms with E-state index in [1.165, 1.54) is 0 Å². The summed E-state index contributed by atoms with van der Waals surface area (Å²) >= 11 is 0. The lowest BCUT2D eigenvalue weighted by molar-refractivity contribution is 0.0747. The van der Waals surface area contributed by atoms with Gasteiger partial charge in [-0.05, 0) is 25.7 Å². The highest BCUT2D eigenvalue weighted by molar-refractivity contribution is 5.70. The van der Waals surface area contributed by atoms with Crippen LogP contribution in [-0.2, 0) is 9.47 Å². The summed E-state index contributed by atoms with van der Waals surface area (Å²) < 4.78 is 10.6. The minimum Gasteiger partial charge on any atom is -0.444 e. The van der Waals surface area contributed by atoms with Gasteiger partial charge in [-0.25, -0.2) is 4.79 Å². The molecule has 1 amide bonds. The molecule has 5 nitrogen and oxygen atoms in total. The molecule has 2 atom stereocenters. The summed E-state index contributed by atoms with van der Waals surface area (Å²) in [4.78, 5) is 13.6. The number of amides is 1. The summed E-state index contributed by atoms with van der Waals surface area (Å²) in [6.45, 7) is 1.33. The minimum absolute atomic E-state index is 0.0152. The maximum Gasteiger partial charge on any atom is 0.410 e. The molecule has 102 valence electrons. The Hall–Kier alpha value is -1.07. The van der Waals surface area contributed by atoms with E-state index < -0.39 is 0 Å². The molecular formula is C13H21NO4. The molecule has 1 N–H and O–H groups in total. The number of hydrogen-bond acceptors (Lipinski definition) is 4. The fourth-order valence-electron chi connectivity index (χ4n) is 2.55. The van der Waals surface area contributed by atoms with Gasteiger partial charge < -0.3 is 14.6 Å². The number of allylic oxidation sites excluding steroid dienone is 2. The summed E-state index contributed by atoms with van der Waals surface area (Å²) in [5.74, 6) is 0. The van der Waals surface area contributed by atoms with Crippen molar-refractivity contribution < 1.29 is 19.4 Å². The van der Waals surface area contributed by atoms with Crippen LogP contribution in [0, 0.1) is 0 Å². The Kier molecular flexibility index (Phi) is 5.01. The van der Waals surface area contributed by atoms with Crippen LogP contribution in [0.2, 0.25) is 0 Å². The van der Waals surface area contributed by atoms with Gasteiger partial charge in [0.15, 0.2) is 0 Å². The molecule has 1 aliphatic carbocycles. The Morgan fingerprint density at radius 2 is 2.11 bits per heavy atom. The van der Waals surface area contributed by atoms with E-state index in [9.17, 15) is 4.79 Å². The summed E-state index contributed by atoms with van der Waals surface area (Å²) in [5.41, 5.74) is 0. The van der Waals surface area contributed by atoms with Gasteiger partial charge in [-0.2, -0.15) is 0 Å². The quantitative estimate of drug-likeness (QED) is 0.594. The van der Waals surface area contributed by atoms with E-state index in [-0.39, 0.29) is 24.8 Å². The van der Waals surface area contributed by atoms with E-state index in [1.54, 1.807) is 4.90 Å².